The molecule has 1 aromatic carbocycles. The Morgan fingerprint density at radius 2 is 2.00 bits per heavy atom. The zero-order valence-electron chi connectivity index (χ0n) is 6.34. The zero-order chi connectivity index (χ0) is 10.0. The van der Waals surface area contributed by atoms with E-state index in [9.17, 15) is 4.79 Å². The lowest BCUT2D eigenvalue weighted by atomic mass is 10.2. The van der Waals surface area contributed by atoms with E-state index >= 15 is 0 Å². The van der Waals surface area contributed by atoms with Crippen LogP contribution in [0.5, 0.6) is 5.75 Å². The van der Waals surface area contributed by atoms with Crippen molar-refractivity contribution in [1.29, 1.82) is 0 Å². The summed E-state index contributed by atoms with van der Waals surface area (Å²) in [6.07, 6.45) is 0. The molecule has 0 aliphatic carbocycles. The van der Waals surface area contributed by atoms with Crippen molar-refractivity contribution >= 4 is 29.1 Å². The number of nitrogens with two attached hydrogens (primary N) is 1. The topological polar surface area (TPSA) is 75.3 Å². The van der Waals surface area contributed by atoms with E-state index in [4.69, 9.17) is 34.2 Å². The van der Waals surface area contributed by atoms with E-state index in [-0.39, 0.29) is 21.4 Å². The summed E-state index contributed by atoms with van der Waals surface area (Å²) in [4.78, 5) is 11.0. The molecule has 6 heteroatoms. The summed E-state index contributed by atoms with van der Waals surface area (Å²) < 4.78 is 0. The van der Waals surface area contributed by atoms with Gasteiger partial charge in [0.2, 0.25) is 0 Å². The number of amides is 1. The molecular weight excluding hydrogens is 215 g/mol. The SMILES string of the molecule is NNC(=O)c1cc(Cl)c(O)cc1Cl. The number of carbonyl (C=O) groups excluding carboxylic acids is 1. The molecule has 0 heterocycles. The van der Waals surface area contributed by atoms with E-state index in [1.165, 1.54) is 12.1 Å². The summed E-state index contributed by atoms with van der Waals surface area (Å²) in [6.45, 7) is 0. The first-order valence-electron chi connectivity index (χ1n) is 3.25. The number of rotatable bonds is 1. The standard InChI is InChI=1S/C7H6Cl2N2O2/c8-4-2-6(12)5(9)1-3(4)7(13)11-10/h1-2,12H,10H2,(H,11,13). The third-order valence-electron chi connectivity index (χ3n) is 1.41. The predicted molar refractivity (Wildman–Crippen MR) is 49.8 cm³/mol. The fourth-order valence-corrected chi connectivity index (χ4v) is 1.20. The molecular formula is C7H6Cl2N2O2. The fraction of sp³-hybridized carbons (Fsp3) is 0. The van der Waals surface area contributed by atoms with Crippen molar-refractivity contribution in [3.63, 3.8) is 0 Å². The van der Waals surface area contributed by atoms with Crippen LogP contribution in [0.25, 0.3) is 0 Å². The highest BCUT2D eigenvalue weighted by Crippen LogP contribution is 2.29. The Labute approximate surface area is 84.2 Å². The highest BCUT2D eigenvalue weighted by atomic mass is 35.5. The van der Waals surface area contributed by atoms with Crippen LogP contribution in [0.2, 0.25) is 10.0 Å². The monoisotopic (exact) mass is 220 g/mol. The van der Waals surface area contributed by atoms with Gasteiger partial charge in [0, 0.05) is 6.07 Å². The van der Waals surface area contributed by atoms with Gasteiger partial charge in [-0.2, -0.15) is 0 Å². The van der Waals surface area contributed by atoms with Gasteiger partial charge in [0.25, 0.3) is 5.91 Å². The van der Waals surface area contributed by atoms with Crippen LogP contribution in [0, 0.1) is 0 Å². The molecule has 0 saturated carbocycles. The first-order valence-corrected chi connectivity index (χ1v) is 4.01. The van der Waals surface area contributed by atoms with E-state index in [0.717, 1.165) is 0 Å². The third kappa shape index (κ3) is 2.03. The van der Waals surface area contributed by atoms with Gasteiger partial charge in [-0.25, -0.2) is 5.84 Å². The summed E-state index contributed by atoms with van der Waals surface area (Å²) in [5.41, 5.74) is 2.02. The van der Waals surface area contributed by atoms with Crippen molar-refractivity contribution < 1.29 is 9.90 Å². The normalized spacial score (nSPS) is 9.77. The van der Waals surface area contributed by atoms with Crippen molar-refractivity contribution in [3.8, 4) is 5.75 Å². The number of aromatic hydroxyl groups is 1. The number of hydrazine groups is 1. The van der Waals surface area contributed by atoms with Gasteiger partial charge in [0.05, 0.1) is 15.6 Å². The molecule has 0 atom stereocenters. The minimum Gasteiger partial charge on any atom is -0.506 e. The lowest BCUT2D eigenvalue weighted by Crippen LogP contribution is -2.30. The highest BCUT2D eigenvalue weighted by molar-refractivity contribution is 6.36. The van der Waals surface area contributed by atoms with Crippen molar-refractivity contribution in [1.82, 2.24) is 5.43 Å². The van der Waals surface area contributed by atoms with E-state index < -0.39 is 5.91 Å². The summed E-state index contributed by atoms with van der Waals surface area (Å²) in [6, 6.07) is 2.41. The Morgan fingerprint density at radius 3 is 2.54 bits per heavy atom. The van der Waals surface area contributed by atoms with Gasteiger partial charge < -0.3 is 5.11 Å². The number of carbonyl (C=O) groups is 1. The lowest BCUT2D eigenvalue weighted by Gasteiger charge is -2.04. The van der Waals surface area contributed by atoms with Gasteiger partial charge in [-0.3, -0.25) is 10.2 Å². The fourth-order valence-electron chi connectivity index (χ4n) is 0.788. The second-order valence-corrected chi connectivity index (χ2v) is 3.07. The molecule has 0 aliphatic heterocycles. The third-order valence-corrected chi connectivity index (χ3v) is 2.03. The maximum atomic E-state index is 11.0. The number of hydrogen-bond acceptors (Lipinski definition) is 3. The molecule has 0 saturated heterocycles. The minimum absolute atomic E-state index is 0.0444. The Morgan fingerprint density at radius 1 is 1.38 bits per heavy atom. The Bertz CT molecular complexity index is 355. The summed E-state index contributed by atoms with van der Waals surface area (Å²) in [7, 11) is 0. The second kappa shape index (κ2) is 3.83. The molecule has 1 rings (SSSR count). The molecule has 70 valence electrons. The summed E-state index contributed by atoms with van der Waals surface area (Å²) in [5, 5.41) is 9.23. The number of nitrogen functional groups attached to an aromatic ring is 1. The zero-order valence-corrected chi connectivity index (χ0v) is 7.86. The molecule has 4 nitrogen and oxygen atoms in total. The highest BCUT2D eigenvalue weighted by Gasteiger charge is 2.12. The maximum Gasteiger partial charge on any atom is 0.266 e. The minimum atomic E-state index is -0.563. The van der Waals surface area contributed by atoms with Crippen molar-refractivity contribution in [2.24, 2.45) is 5.84 Å². The molecule has 1 amide bonds. The van der Waals surface area contributed by atoms with Crippen molar-refractivity contribution in [2.75, 3.05) is 0 Å². The Balaban J connectivity index is 3.23. The lowest BCUT2D eigenvalue weighted by molar-refractivity contribution is 0.0954. The van der Waals surface area contributed by atoms with Gasteiger partial charge in [-0.1, -0.05) is 23.2 Å². The molecule has 0 fully saturated rings. The first-order chi connectivity index (χ1) is 6.06. The number of phenols is 1. The number of halogens is 2. The Hall–Kier alpha value is -0.970. The van der Waals surface area contributed by atoms with Gasteiger partial charge in [-0.15, -0.1) is 0 Å². The van der Waals surface area contributed by atoms with E-state index in [1.807, 2.05) is 5.43 Å². The molecule has 0 aromatic heterocycles. The van der Waals surface area contributed by atoms with E-state index in [2.05, 4.69) is 0 Å². The molecule has 13 heavy (non-hydrogen) atoms. The van der Waals surface area contributed by atoms with Gasteiger partial charge in [-0.05, 0) is 6.07 Å². The largest absolute Gasteiger partial charge is 0.506 e. The molecule has 0 aliphatic rings. The average Bonchev–Trinajstić information content (AvgIpc) is 2.10. The quantitative estimate of drug-likeness (QED) is 0.380. The second-order valence-electron chi connectivity index (χ2n) is 2.26. The van der Waals surface area contributed by atoms with Crippen LogP contribution < -0.4 is 11.3 Å². The summed E-state index contributed by atoms with van der Waals surface area (Å²) >= 11 is 11.2. The number of benzene rings is 1. The van der Waals surface area contributed by atoms with Crippen molar-refractivity contribution in [3.05, 3.63) is 27.7 Å². The van der Waals surface area contributed by atoms with Crippen LogP contribution in [0.3, 0.4) is 0 Å². The van der Waals surface area contributed by atoms with E-state index in [1.54, 1.807) is 0 Å². The number of nitrogens with one attached hydrogen (secondary N) is 1. The van der Waals surface area contributed by atoms with Crippen LogP contribution in [-0.4, -0.2) is 11.0 Å². The first kappa shape index (κ1) is 10.1. The van der Waals surface area contributed by atoms with Gasteiger partial charge in [0.15, 0.2) is 0 Å². The smallest absolute Gasteiger partial charge is 0.266 e. The number of phenolic OH excluding ortho intramolecular Hbond substituents is 1. The molecule has 1 aromatic rings. The van der Waals surface area contributed by atoms with Crippen LogP contribution in [-0.2, 0) is 0 Å². The summed E-state index contributed by atoms with van der Waals surface area (Å²) in [5.74, 6) is 4.15. The molecule has 0 radical (unpaired) electrons. The van der Waals surface area contributed by atoms with Crippen LogP contribution in [0.1, 0.15) is 10.4 Å². The predicted octanol–water partition coefficient (Wildman–Crippen LogP) is 1.30. The molecule has 0 unspecified atom stereocenters. The van der Waals surface area contributed by atoms with Crippen LogP contribution in [0.15, 0.2) is 12.1 Å². The molecule has 0 bridgehead atoms. The van der Waals surface area contributed by atoms with Gasteiger partial charge >= 0.3 is 0 Å². The van der Waals surface area contributed by atoms with Crippen LogP contribution >= 0.6 is 23.2 Å². The molecule has 4 N–H and O–H groups in total. The van der Waals surface area contributed by atoms with Gasteiger partial charge in [0.1, 0.15) is 5.75 Å². The molecule has 0 spiro atoms. The average molecular weight is 221 g/mol. The van der Waals surface area contributed by atoms with E-state index in [0.29, 0.717) is 0 Å². The van der Waals surface area contributed by atoms with Crippen molar-refractivity contribution in [2.45, 2.75) is 0 Å². The maximum absolute atomic E-state index is 11.0. The number of hydrogen-bond donors (Lipinski definition) is 3. The van der Waals surface area contributed by atoms with Crippen LogP contribution in [0.4, 0.5) is 0 Å². The Kier molecular flexibility index (Phi) is 2.98.